The highest BCUT2D eigenvalue weighted by atomic mass is 32.2. The molecule has 1 amide bonds. The van der Waals surface area contributed by atoms with E-state index in [0.29, 0.717) is 5.69 Å². The number of nitrogens with one attached hydrogen (secondary N) is 1. The van der Waals surface area contributed by atoms with Gasteiger partial charge in [0.1, 0.15) is 13.2 Å². The molecule has 9 heteroatoms. The Hall–Kier alpha value is -1.74. The minimum Gasteiger partial charge on any atom is -0.399 e. The summed E-state index contributed by atoms with van der Waals surface area (Å²) in [4.78, 5) is 11.0. The van der Waals surface area contributed by atoms with Crippen LogP contribution in [0.25, 0.3) is 0 Å². The third-order valence-electron chi connectivity index (χ3n) is 1.92. The Morgan fingerprint density at radius 1 is 1.32 bits per heavy atom. The highest BCUT2D eigenvalue weighted by Gasteiger charge is 2.17. The number of halogens is 2. The minimum atomic E-state index is -4.05. The van der Waals surface area contributed by atoms with Crippen LogP contribution in [0.15, 0.2) is 29.2 Å². The molecule has 0 aliphatic heterocycles. The Morgan fingerprint density at radius 3 is 2.42 bits per heavy atom. The SMILES string of the molecule is Nc1ccc(S(=O)(=O)NC(=O)COCC(F)F)cc1. The van der Waals surface area contributed by atoms with Crippen molar-refractivity contribution in [2.24, 2.45) is 0 Å². The van der Waals surface area contributed by atoms with E-state index in [9.17, 15) is 22.0 Å². The summed E-state index contributed by atoms with van der Waals surface area (Å²) in [5, 5.41) is 0. The number of hydrogen-bond donors (Lipinski definition) is 2. The maximum Gasteiger partial charge on any atom is 0.264 e. The Morgan fingerprint density at radius 2 is 1.89 bits per heavy atom. The topological polar surface area (TPSA) is 98.5 Å². The van der Waals surface area contributed by atoms with E-state index in [1.807, 2.05) is 0 Å². The number of carbonyl (C=O) groups excluding carboxylic acids is 1. The van der Waals surface area contributed by atoms with E-state index >= 15 is 0 Å². The van der Waals surface area contributed by atoms with Crippen LogP contribution in [0.2, 0.25) is 0 Å². The van der Waals surface area contributed by atoms with Gasteiger partial charge in [-0.25, -0.2) is 21.9 Å². The molecule has 0 fully saturated rings. The molecule has 1 aromatic rings. The molecule has 0 unspecified atom stereocenters. The lowest BCUT2D eigenvalue weighted by Crippen LogP contribution is -2.33. The van der Waals surface area contributed by atoms with Crippen LogP contribution < -0.4 is 10.5 Å². The van der Waals surface area contributed by atoms with Crippen molar-refractivity contribution < 1.29 is 26.7 Å². The van der Waals surface area contributed by atoms with Crippen molar-refractivity contribution in [1.82, 2.24) is 4.72 Å². The summed E-state index contributed by atoms with van der Waals surface area (Å²) in [5.74, 6) is -1.03. The van der Waals surface area contributed by atoms with Crippen LogP contribution in [0, 0.1) is 0 Å². The average molecular weight is 294 g/mol. The summed E-state index contributed by atoms with van der Waals surface area (Å²) in [6.07, 6.45) is -2.72. The highest BCUT2D eigenvalue weighted by Crippen LogP contribution is 2.11. The number of rotatable bonds is 6. The zero-order valence-electron chi connectivity index (χ0n) is 9.68. The maximum atomic E-state index is 11.7. The Labute approximate surface area is 108 Å². The molecule has 0 saturated carbocycles. The van der Waals surface area contributed by atoms with E-state index in [0.717, 1.165) is 0 Å². The van der Waals surface area contributed by atoms with Gasteiger partial charge < -0.3 is 10.5 Å². The second-order valence-corrected chi connectivity index (χ2v) is 5.19. The number of nitrogen functional groups attached to an aromatic ring is 1. The summed E-state index contributed by atoms with van der Waals surface area (Å²) in [7, 11) is -4.05. The monoisotopic (exact) mass is 294 g/mol. The molecule has 0 aromatic heterocycles. The van der Waals surface area contributed by atoms with Crippen LogP contribution in [0.1, 0.15) is 0 Å². The highest BCUT2D eigenvalue weighted by molar-refractivity contribution is 7.90. The molecule has 0 saturated heterocycles. The third-order valence-corrected chi connectivity index (χ3v) is 3.30. The van der Waals surface area contributed by atoms with E-state index in [2.05, 4.69) is 4.74 Å². The molecule has 0 bridgehead atoms. The zero-order valence-corrected chi connectivity index (χ0v) is 10.5. The largest absolute Gasteiger partial charge is 0.399 e. The van der Waals surface area contributed by atoms with Crippen LogP contribution in [-0.4, -0.2) is 34.0 Å². The van der Waals surface area contributed by atoms with Gasteiger partial charge in [0.05, 0.1) is 4.90 Å². The first-order chi connectivity index (χ1) is 8.81. The van der Waals surface area contributed by atoms with Crippen molar-refractivity contribution in [2.75, 3.05) is 18.9 Å². The number of carbonyl (C=O) groups is 1. The predicted molar refractivity (Wildman–Crippen MR) is 63.0 cm³/mol. The number of anilines is 1. The summed E-state index contributed by atoms with van der Waals surface area (Å²) in [5.41, 5.74) is 5.76. The first-order valence-electron chi connectivity index (χ1n) is 5.08. The molecule has 6 nitrogen and oxygen atoms in total. The number of ether oxygens (including phenoxy) is 1. The lowest BCUT2D eigenvalue weighted by Gasteiger charge is -2.07. The molecule has 0 heterocycles. The molecular weight excluding hydrogens is 282 g/mol. The molecule has 0 atom stereocenters. The summed E-state index contributed by atoms with van der Waals surface area (Å²) in [6, 6.07) is 5.13. The van der Waals surface area contributed by atoms with Crippen LogP contribution in [-0.2, 0) is 19.6 Å². The number of hydrogen-bond acceptors (Lipinski definition) is 5. The molecule has 1 aromatic carbocycles. The van der Waals surface area contributed by atoms with Crippen molar-refractivity contribution in [3.63, 3.8) is 0 Å². The minimum absolute atomic E-state index is 0.163. The van der Waals surface area contributed by atoms with Gasteiger partial charge in [0, 0.05) is 5.69 Å². The summed E-state index contributed by atoms with van der Waals surface area (Å²) >= 11 is 0. The van der Waals surface area contributed by atoms with Crippen LogP contribution in [0.4, 0.5) is 14.5 Å². The summed E-state index contributed by atoms with van der Waals surface area (Å²) < 4.78 is 52.8. The number of alkyl halides is 2. The maximum absolute atomic E-state index is 11.7. The van der Waals surface area contributed by atoms with Gasteiger partial charge in [-0.2, -0.15) is 0 Å². The van der Waals surface area contributed by atoms with E-state index in [4.69, 9.17) is 5.73 Å². The summed E-state index contributed by atoms with van der Waals surface area (Å²) in [6.45, 7) is -1.70. The Bertz CT molecular complexity index is 531. The predicted octanol–water partition coefficient (Wildman–Crippen LogP) is 0.355. The van der Waals surface area contributed by atoms with Crippen molar-refractivity contribution in [1.29, 1.82) is 0 Å². The molecule has 0 aliphatic carbocycles. The van der Waals surface area contributed by atoms with Gasteiger partial charge in [-0.15, -0.1) is 0 Å². The van der Waals surface area contributed by atoms with Crippen molar-refractivity contribution >= 4 is 21.6 Å². The zero-order chi connectivity index (χ0) is 14.5. The van der Waals surface area contributed by atoms with Crippen LogP contribution in [0.5, 0.6) is 0 Å². The van der Waals surface area contributed by atoms with Gasteiger partial charge in [-0.3, -0.25) is 4.79 Å². The number of sulfonamides is 1. The van der Waals surface area contributed by atoms with Gasteiger partial charge in [-0.05, 0) is 24.3 Å². The van der Waals surface area contributed by atoms with E-state index in [1.54, 1.807) is 4.72 Å². The lowest BCUT2D eigenvalue weighted by atomic mass is 10.3. The number of nitrogens with two attached hydrogens (primary N) is 1. The lowest BCUT2D eigenvalue weighted by molar-refractivity contribution is -0.125. The van der Waals surface area contributed by atoms with Gasteiger partial charge in [0.2, 0.25) is 0 Å². The molecule has 0 spiro atoms. The molecule has 106 valence electrons. The molecular formula is C10H12F2N2O4S. The molecule has 0 radical (unpaired) electrons. The van der Waals surface area contributed by atoms with E-state index in [-0.39, 0.29) is 4.90 Å². The fraction of sp³-hybridized carbons (Fsp3) is 0.300. The molecule has 19 heavy (non-hydrogen) atoms. The Kier molecular flexibility index (Phi) is 5.19. The van der Waals surface area contributed by atoms with Crippen molar-refractivity contribution in [2.45, 2.75) is 11.3 Å². The standard InChI is InChI=1S/C10H12F2N2O4S/c11-9(12)5-18-6-10(15)14-19(16,17)8-3-1-7(13)2-4-8/h1-4,9H,5-6,13H2,(H,14,15). The fourth-order valence-electron chi connectivity index (χ4n) is 1.13. The third kappa shape index (κ3) is 5.18. The quantitative estimate of drug-likeness (QED) is 0.738. The first-order valence-corrected chi connectivity index (χ1v) is 6.56. The second-order valence-electron chi connectivity index (χ2n) is 3.50. The van der Waals surface area contributed by atoms with Crippen molar-refractivity contribution in [3.8, 4) is 0 Å². The van der Waals surface area contributed by atoms with Gasteiger partial charge in [-0.1, -0.05) is 0 Å². The number of benzene rings is 1. The first kappa shape index (κ1) is 15.3. The smallest absolute Gasteiger partial charge is 0.264 e. The molecule has 1 rings (SSSR count). The Balaban J connectivity index is 2.59. The molecule has 0 aliphatic rings. The van der Waals surface area contributed by atoms with Crippen LogP contribution >= 0.6 is 0 Å². The second kappa shape index (κ2) is 6.43. The van der Waals surface area contributed by atoms with E-state index in [1.165, 1.54) is 24.3 Å². The van der Waals surface area contributed by atoms with Gasteiger partial charge in [0.25, 0.3) is 22.4 Å². The van der Waals surface area contributed by atoms with Crippen LogP contribution in [0.3, 0.4) is 0 Å². The fourth-order valence-corrected chi connectivity index (χ4v) is 2.10. The van der Waals surface area contributed by atoms with E-state index < -0.39 is 35.6 Å². The van der Waals surface area contributed by atoms with Gasteiger partial charge in [0.15, 0.2) is 0 Å². The number of amides is 1. The van der Waals surface area contributed by atoms with Crippen molar-refractivity contribution in [3.05, 3.63) is 24.3 Å². The average Bonchev–Trinajstić information content (AvgIpc) is 2.28. The van der Waals surface area contributed by atoms with Gasteiger partial charge >= 0.3 is 0 Å². The normalized spacial score (nSPS) is 11.5. The molecule has 3 N–H and O–H groups in total.